The topological polar surface area (TPSA) is 64.5 Å². The van der Waals surface area contributed by atoms with E-state index >= 15 is 0 Å². The van der Waals surface area contributed by atoms with Crippen LogP contribution < -0.4 is 9.47 Å². The Balaban J connectivity index is 1.36. The predicted octanol–water partition coefficient (Wildman–Crippen LogP) is 4.35. The van der Waals surface area contributed by atoms with E-state index in [1.165, 1.54) is 0 Å². The van der Waals surface area contributed by atoms with Crippen LogP contribution in [0.2, 0.25) is 0 Å². The first-order valence-electron chi connectivity index (χ1n) is 11.1. The fourth-order valence-electron chi connectivity index (χ4n) is 5.06. The van der Waals surface area contributed by atoms with E-state index in [2.05, 4.69) is 14.9 Å². The average molecular weight is 418 g/mol. The predicted molar refractivity (Wildman–Crippen MR) is 118 cm³/mol. The highest BCUT2D eigenvalue weighted by atomic mass is 16.5. The molecule has 6 rings (SSSR count). The highest BCUT2D eigenvalue weighted by Crippen LogP contribution is 2.41. The lowest BCUT2D eigenvalue weighted by Crippen LogP contribution is -2.55. The van der Waals surface area contributed by atoms with E-state index in [1.807, 2.05) is 49.4 Å². The Hall–Kier alpha value is -3.15. The zero-order valence-electron chi connectivity index (χ0n) is 17.7. The summed E-state index contributed by atoms with van der Waals surface area (Å²) in [6.07, 6.45) is 6.62. The summed E-state index contributed by atoms with van der Waals surface area (Å²) in [5.41, 5.74) is 1.31. The molecule has 160 valence electrons. The molecule has 3 unspecified atom stereocenters. The Morgan fingerprint density at radius 3 is 2.74 bits per heavy atom. The Morgan fingerprint density at radius 2 is 1.97 bits per heavy atom. The van der Waals surface area contributed by atoms with Crippen molar-refractivity contribution in [1.82, 2.24) is 14.9 Å². The molecule has 1 amide bonds. The van der Waals surface area contributed by atoms with Gasteiger partial charge in [-0.05, 0) is 62.3 Å². The quantitative estimate of drug-likeness (QED) is 0.597. The molecule has 2 saturated heterocycles. The number of piperidine rings is 2. The van der Waals surface area contributed by atoms with Gasteiger partial charge in [0.05, 0.1) is 18.7 Å². The molecule has 3 atom stereocenters. The summed E-state index contributed by atoms with van der Waals surface area (Å²) in [5, 5.41) is 0.957. The number of pyridine rings is 2. The van der Waals surface area contributed by atoms with Crippen LogP contribution in [0.25, 0.3) is 10.9 Å². The van der Waals surface area contributed by atoms with Gasteiger partial charge in [-0.1, -0.05) is 12.1 Å². The first kappa shape index (κ1) is 19.8. The van der Waals surface area contributed by atoms with Crippen LogP contribution in [-0.4, -0.2) is 46.6 Å². The second kappa shape index (κ2) is 8.53. The van der Waals surface area contributed by atoms with Crippen LogP contribution in [0.5, 0.6) is 11.6 Å². The highest BCUT2D eigenvalue weighted by molar-refractivity contribution is 6.08. The SMILES string of the molecule is CCOc1ccc2cccnc2c1C(=O)N1CC2CCC1CC2COc1ccccn1. The molecular formula is C25H27N3O3. The smallest absolute Gasteiger partial charge is 0.260 e. The Bertz CT molecular complexity index is 1070. The molecule has 2 aromatic heterocycles. The largest absolute Gasteiger partial charge is 0.493 e. The number of carbonyl (C=O) groups excluding carboxylic acids is 1. The molecule has 1 saturated carbocycles. The normalized spacial score (nSPS) is 22.5. The zero-order chi connectivity index (χ0) is 21.2. The molecule has 0 N–H and O–H groups in total. The van der Waals surface area contributed by atoms with Crippen LogP contribution in [0.4, 0.5) is 0 Å². The molecule has 0 radical (unpaired) electrons. The van der Waals surface area contributed by atoms with Crippen LogP contribution in [0.15, 0.2) is 54.9 Å². The number of fused-ring (bicyclic) bond motifs is 4. The molecule has 0 spiro atoms. The third-order valence-corrected chi connectivity index (χ3v) is 6.58. The lowest BCUT2D eigenvalue weighted by molar-refractivity contribution is -0.00479. The van der Waals surface area contributed by atoms with Crippen LogP contribution in [0, 0.1) is 11.8 Å². The maximum atomic E-state index is 13.7. The number of carbonyl (C=O) groups is 1. The van der Waals surface area contributed by atoms with E-state index < -0.39 is 0 Å². The maximum absolute atomic E-state index is 13.7. The zero-order valence-corrected chi connectivity index (χ0v) is 17.7. The average Bonchev–Trinajstić information content (AvgIpc) is 2.83. The van der Waals surface area contributed by atoms with E-state index in [1.54, 1.807) is 12.4 Å². The van der Waals surface area contributed by atoms with E-state index in [4.69, 9.17) is 9.47 Å². The highest BCUT2D eigenvalue weighted by Gasteiger charge is 2.43. The van der Waals surface area contributed by atoms with Crippen molar-refractivity contribution in [3.05, 3.63) is 60.4 Å². The molecule has 3 fully saturated rings. The van der Waals surface area contributed by atoms with Gasteiger partial charge in [-0.2, -0.15) is 0 Å². The van der Waals surface area contributed by atoms with Gasteiger partial charge in [0, 0.05) is 36.4 Å². The Kier molecular flexibility index (Phi) is 5.45. The van der Waals surface area contributed by atoms with Crippen molar-refractivity contribution in [3.8, 4) is 11.6 Å². The molecule has 1 aromatic carbocycles. The molecule has 6 heteroatoms. The van der Waals surface area contributed by atoms with E-state index in [0.29, 0.717) is 42.2 Å². The van der Waals surface area contributed by atoms with E-state index in [-0.39, 0.29) is 11.9 Å². The summed E-state index contributed by atoms with van der Waals surface area (Å²) in [6, 6.07) is 13.7. The maximum Gasteiger partial charge on any atom is 0.260 e. The summed E-state index contributed by atoms with van der Waals surface area (Å²) in [6.45, 7) is 3.86. The van der Waals surface area contributed by atoms with Crippen molar-refractivity contribution in [2.45, 2.75) is 32.2 Å². The van der Waals surface area contributed by atoms with Gasteiger partial charge in [0.25, 0.3) is 5.91 Å². The first-order valence-corrected chi connectivity index (χ1v) is 11.1. The van der Waals surface area contributed by atoms with E-state index in [9.17, 15) is 4.79 Å². The fourth-order valence-corrected chi connectivity index (χ4v) is 5.06. The number of hydrogen-bond acceptors (Lipinski definition) is 5. The fraction of sp³-hybridized carbons (Fsp3) is 0.400. The lowest BCUT2D eigenvalue weighted by atomic mass is 9.72. The second-order valence-corrected chi connectivity index (χ2v) is 8.37. The lowest BCUT2D eigenvalue weighted by Gasteiger charge is -2.49. The number of aromatic nitrogens is 2. The van der Waals surface area contributed by atoms with Crippen LogP contribution in [-0.2, 0) is 0 Å². The molecule has 3 aromatic rings. The number of rotatable bonds is 6. The molecule has 6 nitrogen and oxygen atoms in total. The Morgan fingerprint density at radius 1 is 1.06 bits per heavy atom. The van der Waals surface area contributed by atoms with Crippen molar-refractivity contribution < 1.29 is 14.3 Å². The number of amides is 1. The van der Waals surface area contributed by atoms with Crippen LogP contribution >= 0.6 is 0 Å². The van der Waals surface area contributed by atoms with Crippen molar-refractivity contribution in [3.63, 3.8) is 0 Å². The first-order chi connectivity index (χ1) is 15.2. The minimum Gasteiger partial charge on any atom is -0.493 e. The summed E-state index contributed by atoms with van der Waals surface area (Å²) < 4.78 is 11.8. The molecular weight excluding hydrogens is 390 g/mol. The van der Waals surface area contributed by atoms with Gasteiger partial charge < -0.3 is 14.4 Å². The molecule has 4 heterocycles. The minimum absolute atomic E-state index is 0.0338. The molecule has 3 aliphatic rings. The van der Waals surface area contributed by atoms with Gasteiger partial charge in [0.15, 0.2) is 0 Å². The summed E-state index contributed by atoms with van der Waals surface area (Å²) in [5.74, 6) is 2.21. The van der Waals surface area contributed by atoms with Gasteiger partial charge >= 0.3 is 0 Å². The van der Waals surface area contributed by atoms with Gasteiger partial charge in [0.1, 0.15) is 11.3 Å². The summed E-state index contributed by atoms with van der Waals surface area (Å²) in [7, 11) is 0. The second-order valence-electron chi connectivity index (χ2n) is 8.37. The molecule has 2 bridgehead atoms. The van der Waals surface area contributed by atoms with Gasteiger partial charge in [0.2, 0.25) is 5.88 Å². The number of benzene rings is 1. The summed E-state index contributed by atoms with van der Waals surface area (Å²) in [4.78, 5) is 24.6. The van der Waals surface area contributed by atoms with Gasteiger partial charge in [-0.15, -0.1) is 0 Å². The number of hydrogen-bond donors (Lipinski definition) is 0. The van der Waals surface area contributed by atoms with Crippen molar-refractivity contribution >= 4 is 16.8 Å². The van der Waals surface area contributed by atoms with Crippen molar-refractivity contribution in [2.75, 3.05) is 19.8 Å². The van der Waals surface area contributed by atoms with Gasteiger partial charge in [-0.3, -0.25) is 9.78 Å². The van der Waals surface area contributed by atoms with E-state index in [0.717, 1.165) is 36.7 Å². The number of ether oxygens (including phenoxy) is 2. The molecule has 2 aliphatic heterocycles. The third-order valence-electron chi connectivity index (χ3n) is 6.58. The molecule has 31 heavy (non-hydrogen) atoms. The van der Waals surface area contributed by atoms with Crippen molar-refractivity contribution in [2.24, 2.45) is 11.8 Å². The standard InChI is InChI=1S/C25H27N3O3/c1-2-30-21-11-9-17-6-5-13-27-24(17)23(21)25(29)28-15-18-8-10-20(28)14-19(18)16-31-22-7-3-4-12-26-22/h3-7,9,11-13,18-20H,2,8,10,14-16H2,1H3. The monoisotopic (exact) mass is 417 g/mol. The molecule has 1 aliphatic carbocycles. The van der Waals surface area contributed by atoms with Crippen LogP contribution in [0.3, 0.4) is 0 Å². The van der Waals surface area contributed by atoms with Gasteiger partial charge in [-0.25, -0.2) is 4.98 Å². The third kappa shape index (κ3) is 3.82. The minimum atomic E-state index is 0.0338. The Labute approximate surface area is 182 Å². The van der Waals surface area contributed by atoms with Crippen LogP contribution in [0.1, 0.15) is 36.5 Å². The summed E-state index contributed by atoms with van der Waals surface area (Å²) >= 11 is 0. The van der Waals surface area contributed by atoms with Crippen molar-refractivity contribution in [1.29, 1.82) is 0 Å². The number of nitrogens with zero attached hydrogens (tertiary/aromatic N) is 3.